The lowest BCUT2D eigenvalue weighted by Crippen LogP contribution is -1.96. The van der Waals surface area contributed by atoms with Crippen LogP contribution < -0.4 is 4.74 Å². The van der Waals surface area contributed by atoms with Gasteiger partial charge in [0.1, 0.15) is 5.75 Å². The number of hydrogen-bond donors (Lipinski definition) is 0. The molecular weight excluding hydrogens is 345 g/mol. The number of halogens is 1. The van der Waals surface area contributed by atoms with E-state index < -0.39 is 4.92 Å². The van der Waals surface area contributed by atoms with Crippen LogP contribution in [0.1, 0.15) is 5.56 Å². The van der Waals surface area contributed by atoms with Crippen LogP contribution in [0.25, 0.3) is 0 Å². The number of nitro groups is 1. The molecule has 2 rings (SSSR count). The summed E-state index contributed by atoms with van der Waals surface area (Å²) in [5, 5.41) is 11.0. The minimum absolute atomic E-state index is 0.0188. The first kappa shape index (κ1) is 12.8. The number of nitrogens with zero attached hydrogens (tertiary/aromatic N) is 1. The monoisotopic (exact) mass is 355 g/mol. The zero-order chi connectivity index (χ0) is 13.1. The molecule has 0 amide bonds. The van der Waals surface area contributed by atoms with Gasteiger partial charge >= 0.3 is 5.69 Å². The molecule has 5 heteroatoms. The van der Waals surface area contributed by atoms with Gasteiger partial charge in [0.05, 0.1) is 8.49 Å². The van der Waals surface area contributed by atoms with Gasteiger partial charge in [-0.3, -0.25) is 10.1 Å². The average molecular weight is 355 g/mol. The summed E-state index contributed by atoms with van der Waals surface area (Å²) < 4.78 is 6.59. The van der Waals surface area contributed by atoms with Gasteiger partial charge in [0, 0.05) is 6.07 Å². The Morgan fingerprint density at radius 2 is 1.89 bits per heavy atom. The molecule has 0 N–H and O–H groups in total. The minimum Gasteiger partial charge on any atom is -0.449 e. The van der Waals surface area contributed by atoms with E-state index in [1.165, 1.54) is 6.07 Å². The van der Waals surface area contributed by atoms with Gasteiger partial charge in [-0.05, 0) is 47.2 Å². The molecule has 0 aliphatic carbocycles. The number of rotatable bonds is 3. The molecule has 0 saturated carbocycles. The molecule has 92 valence electrons. The van der Waals surface area contributed by atoms with Crippen LogP contribution in [0, 0.1) is 20.6 Å². The fourth-order valence-electron chi connectivity index (χ4n) is 1.55. The van der Waals surface area contributed by atoms with Crippen molar-refractivity contribution in [2.24, 2.45) is 0 Å². The molecule has 0 aliphatic rings. The molecule has 0 radical (unpaired) electrons. The lowest BCUT2D eigenvalue weighted by Gasteiger charge is -2.10. The van der Waals surface area contributed by atoms with Crippen molar-refractivity contribution >= 4 is 28.3 Å². The van der Waals surface area contributed by atoms with Crippen LogP contribution in [0.15, 0.2) is 42.5 Å². The highest BCUT2D eigenvalue weighted by molar-refractivity contribution is 14.1. The largest absolute Gasteiger partial charge is 0.449 e. The number of ether oxygens (including phenoxy) is 1. The molecular formula is C13H10INO3. The second-order valence-electron chi connectivity index (χ2n) is 3.71. The van der Waals surface area contributed by atoms with Gasteiger partial charge in [0.25, 0.3) is 0 Å². The first-order chi connectivity index (χ1) is 8.59. The number of nitro benzene ring substituents is 1. The van der Waals surface area contributed by atoms with E-state index in [2.05, 4.69) is 22.6 Å². The minimum atomic E-state index is -0.432. The Bertz CT molecular complexity index is 599. The van der Waals surface area contributed by atoms with E-state index >= 15 is 0 Å². The van der Waals surface area contributed by atoms with Crippen molar-refractivity contribution in [3.05, 3.63) is 61.7 Å². The van der Waals surface area contributed by atoms with Crippen LogP contribution in [0.3, 0.4) is 0 Å². The van der Waals surface area contributed by atoms with Crippen LogP contribution in [-0.4, -0.2) is 4.92 Å². The zero-order valence-electron chi connectivity index (χ0n) is 9.59. The summed E-state index contributed by atoms with van der Waals surface area (Å²) >= 11 is 2.13. The maximum absolute atomic E-state index is 11.0. The predicted molar refractivity (Wildman–Crippen MR) is 77.1 cm³/mol. The van der Waals surface area contributed by atoms with Crippen molar-refractivity contribution in [3.63, 3.8) is 0 Å². The molecule has 0 unspecified atom stereocenters. The van der Waals surface area contributed by atoms with Crippen LogP contribution in [0.4, 0.5) is 5.69 Å². The zero-order valence-corrected chi connectivity index (χ0v) is 11.7. The van der Waals surface area contributed by atoms with E-state index in [-0.39, 0.29) is 5.69 Å². The number of para-hydroxylation sites is 2. The molecule has 2 aromatic carbocycles. The lowest BCUT2D eigenvalue weighted by molar-refractivity contribution is -0.385. The molecule has 0 atom stereocenters. The second-order valence-corrected chi connectivity index (χ2v) is 4.87. The standard InChI is InChI=1S/C13H10INO3/c1-9-5-4-7-11(15(16)17)13(9)18-12-8-3-2-6-10(12)14/h2-8H,1H3. The highest BCUT2D eigenvalue weighted by Gasteiger charge is 2.18. The fraction of sp³-hybridized carbons (Fsp3) is 0.0769. The third-order valence-electron chi connectivity index (χ3n) is 2.44. The number of benzene rings is 2. The van der Waals surface area contributed by atoms with E-state index in [1.807, 2.05) is 18.2 Å². The van der Waals surface area contributed by atoms with E-state index in [9.17, 15) is 10.1 Å². The van der Waals surface area contributed by atoms with Crippen LogP contribution in [0.2, 0.25) is 0 Å². The Kier molecular flexibility index (Phi) is 3.81. The van der Waals surface area contributed by atoms with Gasteiger partial charge in [-0.1, -0.05) is 24.3 Å². The van der Waals surface area contributed by atoms with Crippen molar-refractivity contribution in [3.8, 4) is 11.5 Å². The van der Waals surface area contributed by atoms with E-state index in [0.717, 1.165) is 9.13 Å². The maximum atomic E-state index is 11.0. The SMILES string of the molecule is Cc1cccc([N+](=O)[O-])c1Oc1ccccc1I. The third kappa shape index (κ3) is 2.61. The van der Waals surface area contributed by atoms with Crippen molar-refractivity contribution in [1.29, 1.82) is 0 Å². The normalized spacial score (nSPS) is 10.1. The average Bonchev–Trinajstić information content (AvgIpc) is 2.34. The molecule has 0 aromatic heterocycles. The Balaban J connectivity index is 2.46. The summed E-state index contributed by atoms with van der Waals surface area (Å²) in [6.07, 6.45) is 0. The summed E-state index contributed by atoms with van der Waals surface area (Å²) in [6, 6.07) is 12.3. The topological polar surface area (TPSA) is 52.4 Å². The quantitative estimate of drug-likeness (QED) is 0.469. The van der Waals surface area contributed by atoms with Gasteiger partial charge in [0.15, 0.2) is 0 Å². The lowest BCUT2D eigenvalue weighted by atomic mass is 10.2. The van der Waals surface area contributed by atoms with Crippen LogP contribution in [0.5, 0.6) is 11.5 Å². The predicted octanol–water partition coefficient (Wildman–Crippen LogP) is 4.30. The van der Waals surface area contributed by atoms with Crippen LogP contribution >= 0.6 is 22.6 Å². The third-order valence-corrected chi connectivity index (χ3v) is 3.33. The van der Waals surface area contributed by atoms with Gasteiger partial charge in [-0.15, -0.1) is 0 Å². The van der Waals surface area contributed by atoms with E-state index in [1.54, 1.807) is 25.1 Å². The van der Waals surface area contributed by atoms with Crippen molar-refractivity contribution < 1.29 is 9.66 Å². The second kappa shape index (κ2) is 5.34. The molecule has 2 aromatic rings. The highest BCUT2D eigenvalue weighted by Crippen LogP contribution is 2.35. The molecule has 4 nitrogen and oxygen atoms in total. The summed E-state index contributed by atoms with van der Waals surface area (Å²) in [4.78, 5) is 10.5. The first-order valence-corrected chi connectivity index (χ1v) is 6.34. The highest BCUT2D eigenvalue weighted by atomic mass is 127. The summed E-state index contributed by atoms with van der Waals surface area (Å²) in [6.45, 7) is 1.79. The number of hydrogen-bond acceptors (Lipinski definition) is 3. The molecule has 0 bridgehead atoms. The van der Waals surface area contributed by atoms with Gasteiger partial charge in [-0.2, -0.15) is 0 Å². The number of aryl methyl sites for hydroxylation is 1. The molecule has 0 spiro atoms. The molecule has 0 fully saturated rings. The van der Waals surface area contributed by atoms with Crippen LogP contribution in [-0.2, 0) is 0 Å². The van der Waals surface area contributed by atoms with Gasteiger partial charge in [-0.25, -0.2) is 0 Å². The maximum Gasteiger partial charge on any atom is 0.311 e. The van der Waals surface area contributed by atoms with Gasteiger partial charge in [0.2, 0.25) is 5.75 Å². The molecule has 0 aliphatic heterocycles. The van der Waals surface area contributed by atoms with Crippen molar-refractivity contribution in [2.75, 3.05) is 0 Å². The Hall–Kier alpha value is -1.63. The summed E-state index contributed by atoms with van der Waals surface area (Å²) in [5.41, 5.74) is 0.721. The Morgan fingerprint density at radius 1 is 1.17 bits per heavy atom. The van der Waals surface area contributed by atoms with Gasteiger partial charge < -0.3 is 4.74 Å². The van der Waals surface area contributed by atoms with E-state index in [4.69, 9.17) is 4.74 Å². The molecule has 18 heavy (non-hydrogen) atoms. The van der Waals surface area contributed by atoms with Crippen molar-refractivity contribution in [1.82, 2.24) is 0 Å². The Labute approximate surface area is 118 Å². The van der Waals surface area contributed by atoms with E-state index in [0.29, 0.717) is 11.5 Å². The molecule has 0 heterocycles. The smallest absolute Gasteiger partial charge is 0.311 e. The first-order valence-electron chi connectivity index (χ1n) is 5.26. The molecule has 0 saturated heterocycles. The summed E-state index contributed by atoms with van der Waals surface area (Å²) in [5.74, 6) is 0.919. The van der Waals surface area contributed by atoms with Crippen molar-refractivity contribution in [2.45, 2.75) is 6.92 Å². The summed E-state index contributed by atoms with van der Waals surface area (Å²) in [7, 11) is 0. The Morgan fingerprint density at radius 3 is 2.56 bits per heavy atom. The fourth-order valence-corrected chi connectivity index (χ4v) is 2.05.